The van der Waals surface area contributed by atoms with Gasteiger partial charge in [0.2, 0.25) is 5.91 Å². The first-order valence-electron chi connectivity index (χ1n) is 8.91. The van der Waals surface area contributed by atoms with Gasteiger partial charge in [0.05, 0.1) is 5.41 Å². The zero-order valence-corrected chi connectivity index (χ0v) is 15.7. The van der Waals surface area contributed by atoms with Gasteiger partial charge in [-0.25, -0.2) is 0 Å². The predicted molar refractivity (Wildman–Crippen MR) is 102 cm³/mol. The molecule has 1 amide bonds. The molecule has 5 heteroatoms. The topological polar surface area (TPSA) is 41.1 Å². The number of rotatable bonds is 6. The average Bonchev–Trinajstić information content (AvgIpc) is 3.19. The van der Waals surface area contributed by atoms with E-state index in [2.05, 4.69) is 16.7 Å². The van der Waals surface area contributed by atoms with Crippen LogP contribution in [0.4, 0.5) is 0 Å². The Hall–Kier alpha value is -0.770. The maximum atomic E-state index is 12.9. The fraction of sp³-hybridized carbons (Fsp3) is 0.632. The number of hydrogen-bond acceptors (Lipinski definition) is 2. The fourth-order valence-electron chi connectivity index (χ4n) is 4.11. The summed E-state index contributed by atoms with van der Waals surface area (Å²) in [4.78, 5) is 12.9. The van der Waals surface area contributed by atoms with Gasteiger partial charge in [0.1, 0.15) is 0 Å². The van der Waals surface area contributed by atoms with Crippen molar-refractivity contribution in [3.63, 3.8) is 0 Å². The molecule has 0 spiro atoms. The first kappa shape index (κ1) is 19.6. The number of carbonyl (C=O) groups is 1. The molecule has 1 aliphatic heterocycles. The van der Waals surface area contributed by atoms with Crippen LogP contribution < -0.4 is 10.6 Å². The van der Waals surface area contributed by atoms with Crippen LogP contribution in [-0.2, 0) is 11.2 Å². The van der Waals surface area contributed by atoms with Crippen LogP contribution in [0.3, 0.4) is 0 Å². The highest BCUT2D eigenvalue weighted by molar-refractivity contribution is 6.30. The second-order valence-corrected chi connectivity index (χ2v) is 7.63. The van der Waals surface area contributed by atoms with Gasteiger partial charge in [-0.3, -0.25) is 4.79 Å². The third-order valence-electron chi connectivity index (χ3n) is 5.47. The summed E-state index contributed by atoms with van der Waals surface area (Å²) < 4.78 is 0. The molecule has 1 unspecified atom stereocenters. The molecular formula is C19H28Cl2N2O. The summed E-state index contributed by atoms with van der Waals surface area (Å²) in [6, 6.07) is 7.95. The standard InChI is InChI=1S/C19H27ClN2O.ClH/c20-17-5-3-4-16(12-17)13-19(8-1-2-9-19)18(23)22-11-7-15-6-10-21-14-15;/h3-5,12,15,21H,1-2,6-11,13-14H2,(H,22,23);1H. The number of carbonyl (C=O) groups excluding carboxylic acids is 1. The van der Waals surface area contributed by atoms with E-state index in [-0.39, 0.29) is 23.7 Å². The number of hydrogen-bond donors (Lipinski definition) is 2. The Kier molecular flexibility index (Phi) is 7.39. The van der Waals surface area contributed by atoms with E-state index >= 15 is 0 Å². The molecule has 2 fully saturated rings. The molecule has 2 aliphatic rings. The second-order valence-electron chi connectivity index (χ2n) is 7.20. The van der Waals surface area contributed by atoms with Gasteiger partial charge in [-0.2, -0.15) is 0 Å². The van der Waals surface area contributed by atoms with E-state index < -0.39 is 0 Å². The van der Waals surface area contributed by atoms with Crippen molar-refractivity contribution in [1.82, 2.24) is 10.6 Å². The van der Waals surface area contributed by atoms with Crippen molar-refractivity contribution in [3.8, 4) is 0 Å². The zero-order chi connectivity index (χ0) is 16.1. The van der Waals surface area contributed by atoms with Crippen LogP contribution in [0.1, 0.15) is 44.1 Å². The number of amides is 1. The van der Waals surface area contributed by atoms with Gasteiger partial charge < -0.3 is 10.6 Å². The summed E-state index contributed by atoms with van der Waals surface area (Å²) in [6.07, 6.45) is 7.44. The molecule has 1 atom stereocenters. The number of halogens is 2. The summed E-state index contributed by atoms with van der Waals surface area (Å²) in [5, 5.41) is 7.37. The van der Waals surface area contributed by atoms with E-state index in [0.29, 0.717) is 0 Å². The van der Waals surface area contributed by atoms with E-state index in [0.717, 1.165) is 69.1 Å². The van der Waals surface area contributed by atoms with Crippen LogP contribution in [0.5, 0.6) is 0 Å². The molecule has 134 valence electrons. The third-order valence-corrected chi connectivity index (χ3v) is 5.71. The van der Waals surface area contributed by atoms with Crippen LogP contribution in [0.2, 0.25) is 5.02 Å². The monoisotopic (exact) mass is 370 g/mol. The van der Waals surface area contributed by atoms with Crippen molar-refractivity contribution < 1.29 is 4.79 Å². The molecule has 3 nitrogen and oxygen atoms in total. The van der Waals surface area contributed by atoms with Gasteiger partial charge >= 0.3 is 0 Å². The summed E-state index contributed by atoms with van der Waals surface area (Å²) in [7, 11) is 0. The highest BCUT2D eigenvalue weighted by Crippen LogP contribution is 2.41. The number of nitrogens with one attached hydrogen (secondary N) is 2. The lowest BCUT2D eigenvalue weighted by molar-refractivity contribution is -0.130. The zero-order valence-electron chi connectivity index (χ0n) is 14.2. The number of benzene rings is 1. The molecule has 1 heterocycles. The van der Waals surface area contributed by atoms with E-state index in [1.807, 2.05) is 18.2 Å². The minimum absolute atomic E-state index is 0. The van der Waals surface area contributed by atoms with Crippen molar-refractivity contribution >= 4 is 29.9 Å². The normalized spacial score (nSPS) is 22.1. The Morgan fingerprint density at radius 2 is 2.12 bits per heavy atom. The second kappa shape index (κ2) is 9.07. The van der Waals surface area contributed by atoms with Gasteiger partial charge in [0.25, 0.3) is 0 Å². The molecule has 0 aromatic heterocycles. The SMILES string of the molecule is Cl.O=C(NCCC1CCNC1)C1(Cc2cccc(Cl)c2)CCCC1. The van der Waals surface area contributed by atoms with E-state index in [9.17, 15) is 4.79 Å². The molecule has 1 aliphatic carbocycles. The van der Waals surface area contributed by atoms with Crippen molar-refractivity contribution in [3.05, 3.63) is 34.9 Å². The Morgan fingerprint density at radius 1 is 1.33 bits per heavy atom. The maximum absolute atomic E-state index is 12.9. The van der Waals surface area contributed by atoms with Gasteiger partial charge in [-0.1, -0.05) is 36.6 Å². The highest BCUT2D eigenvalue weighted by atomic mass is 35.5. The Morgan fingerprint density at radius 3 is 2.79 bits per heavy atom. The molecule has 0 radical (unpaired) electrons. The lowest BCUT2D eigenvalue weighted by atomic mass is 9.79. The molecule has 1 aromatic carbocycles. The van der Waals surface area contributed by atoms with Gasteiger partial charge in [-0.15, -0.1) is 12.4 Å². The van der Waals surface area contributed by atoms with Crippen molar-refractivity contribution in [2.75, 3.05) is 19.6 Å². The predicted octanol–water partition coefficient (Wildman–Crippen LogP) is 3.98. The van der Waals surface area contributed by atoms with E-state index in [1.165, 1.54) is 12.0 Å². The molecular weight excluding hydrogens is 343 g/mol. The molecule has 3 rings (SSSR count). The van der Waals surface area contributed by atoms with Gasteiger partial charge in [0, 0.05) is 11.6 Å². The van der Waals surface area contributed by atoms with Crippen LogP contribution >= 0.6 is 24.0 Å². The lowest BCUT2D eigenvalue weighted by Gasteiger charge is -2.28. The Bertz CT molecular complexity index is 538. The Balaban J connectivity index is 0.00000208. The average molecular weight is 371 g/mol. The molecule has 1 aromatic rings. The molecule has 1 saturated heterocycles. The minimum atomic E-state index is -0.224. The van der Waals surface area contributed by atoms with E-state index in [4.69, 9.17) is 11.6 Å². The minimum Gasteiger partial charge on any atom is -0.356 e. The fourth-order valence-corrected chi connectivity index (χ4v) is 4.32. The molecule has 24 heavy (non-hydrogen) atoms. The van der Waals surface area contributed by atoms with Crippen molar-refractivity contribution in [2.45, 2.75) is 44.9 Å². The largest absolute Gasteiger partial charge is 0.356 e. The van der Waals surface area contributed by atoms with Crippen LogP contribution in [0, 0.1) is 11.3 Å². The summed E-state index contributed by atoms with van der Waals surface area (Å²) in [6.45, 7) is 3.03. The van der Waals surface area contributed by atoms with E-state index in [1.54, 1.807) is 0 Å². The van der Waals surface area contributed by atoms with Crippen LogP contribution in [-0.4, -0.2) is 25.5 Å². The first-order chi connectivity index (χ1) is 11.2. The molecule has 1 saturated carbocycles. The van der Waals surface area contributed by atoms with Gasteiger partial charge in [0.15, 0.2) is 0 Å². The maximum Gasteiger partial charge on any atom is 0.226 e. The highest BCUT2D eigenvalue weighted by Gasteiger charge is 2.40. The lowest BCUT2D eigenvalue weighted by Crippen LogP contribution is -2.41. The molecule has 2 N–H and O–H groups in total. The van der Waals surface area contributed by atoms with Crippen LogP contribution in [0.15, 0.2) is 24.3 Å². The van der Waals surface area contributed by atoms with Crippen molar-refractivity contribution in [2.24, 2.45) is 11.3 Å². The summed E-state index contributed by atoms with van der Waals surface area (Å²) in [5.41, 5.74) is 0.952. The Labute approximate surface area is 156 Å². The third kappa shape index (κ3) is 4.87. The van der Waals surface area contributed by atoms with Crippen molar-refractivity contribution in [1.29, 1.82) is 0 Å². The van der Waals surface area contributed by atoms with Crippen LogP contribution in [0.25, 0.3) is 0 Å². The smallest absolute Gasteiger partial charge is 0.226 e. The molecule has 0 bridgehead atoms. The summed E-state index contributed by atoms with van der Waals surface area (Å²) >= 11 is 6.11. The van der Waals surface area contributed by atoms with Gasteiger partial charge in [-0.05, 0) is 68.8 Å². The summed E-state index contributed by atoms with van der Waals surface area (Å²) in [5.74, 6) is 0.976. The quantitative estimate of drug-likeness (QED) is 0.794. The first-order valence-corrected chi connectivity index (χ1v) is 9.29.